The fourth-order valence-corrected chi connectivity index (χ4v) is 4.91. The zero-order valence-electron chi connectivity index (χ0n) is 16.9. The van der Waals surface area contributed by atoms with E-state index < -0.39 is 10.0 Å². The lowest BCUT2D eigenvalue weighted by Gasteiger charge is -2.20. The summed E-state index contributed by atoms with van der Waals surface area (Å²) in [7, 11) is -3.61. The number of hydrogen-bond donors (Lipinski definition) is 1. The molecular weight excluding hydrogens is 388 g/mol. The van der Waals surface area contributed by atoms with Crippen molar-refractivity contribution < 1.29 is 17.9 Å². The molecule has 0 saturated carbocycles. The van der Waals surface area contributed by atoms with Crippen molar-refractivity contribution in [2.75, 3.05) is 18.4 Å². The highest BCUT2D eigenvalue weighted by molar-refractivity contribution is 7.89. The zero-order valence-corrected chi connectivity index (χ0v) is 17.7. The van der Waals surface area contributed by atoms with Crippen molar-refractivity contribution >= 4 is 21.6 Å². The third kappa shape index (κ3) is 5.36. The van der Waals surface area contributed by atoms with Crippen LogP contribution in [0, 0.1) is 0 Å². The molecule has 1 N–H and O–H groups in total. The van der Waals surface area contributed by atoms with Crippen molar-refractivity contribution in [3.8, 4) is 5.75 Å². The molecule has 1 fully saturated rings. The van der Waals surface area contributed by atoms with E-state index in [0.29, 0.717) is 30.1 Å². The Morgan fingerprint density at radius 1 is 1.00 bits per heavy atom. The number of amides is 1. The van der Waals surface area contributed by atoms with Crippen molar-refractivity contribution in [2.24, 2.45) is 0 Å². The van der Waals surface area contributed by atoms with Gasteiger partial charge in [-0.15, -0.1) is 0 Å². The zero-order chi connectivity index (χ0) is 20.9. The summed E-state index contributed by atoms with van der Waals surface area (Å²) in [5, 5.41) is 2.83. The van der Waals surface area contributed by atoms with Gasteiger partial charge in [-0.05, 0) is 57.0 Å². The van der Waals surface area contributed by atoms with Gasteiger partial charge in [-0.25, -0.2) is 8.42 Å². The SMILES string of the molecule is CC(C)Oc1ccccc1NC(=O)c1cccc(S(=O)(=O)N2CCCCCC2)c1. The lowest BCUT2D eigenvalue weighted by atomic mass is 10.2. The molecule has 0 radical (unpaired) electrons. The molecule has 1 amide bonds. The van der Waals surface area contributed by atoms with Gasteiger partial charge in [-0.3, -0.25) is 4.79 Å². The predicted octanol–water partition coefficient (Wildman–Crippen LogP) is 4.29. The van der Waals surface area contributed by atoms with Crippen LogP contribution in [0.5, 0.6) is 5.75 Å². The van der Waals surface area contributed by atoms with Crippen molar-refractivity contribution in [1.82, 2.24) is 4.31 Å². The molecule has 0 unspecified atom stereocenters. The molecule has 0 spiro atoms. The molecule has 6 nitrogen and oxygen atoms in total. The van der Waals surface area contributed by atoms with Crippen LogP contribution in [0.1, 0.15) is 49.9 Å². The van der Waals surface area contributed by atoms with E-state index in [1.54, 1.807) is 30.3 Å². The van der Waals surface area contributed by atoms with Crippen LogP contribution in [-0.4, -0.2) is 37.8 Å². The number of benzene rings is 2. The third-order valence-corrected chi connectivity index (χ3v) is 6.69. The average Bonchev–Trinajstić information content (AvgIpc) is 2.99. The monoisotopic (exact) mass is 416 g/mol. The first kappa shape index (κ1) is 21.3. The molecule has 0 bridgehead atoms. The second-order valence-corrected chi connectivity index (χ2v) is 9.40. The Labute approximate surface area is 172 Å². The van der Waals surface area contributed by atoms with Gasteiger partial charge in [0.05, 0.1) is 16.7 Å². The molecule has 156 valence electrons. The van der Waals surface area contributed by atoms with Gasteiger partial charge >= 0.3 is 0 Å². The maximum Gasteiger partial charge on any atom is 0.255 e. The maximum atomic E-state index is 13.0. The van der Waals surface area contributed by atoms with Crippen LogP contribution in [0.25, 0.3) is 0 Å². The molecule has 2 aromatic carbocycles. The van der Waals surface area contributed by atoms with Gasteiger partial charge in [0.2, 0.25) is 10.0 Å². The normalized spacial score (nSPS) is 15.7. The summed E-state index contributed by atoms with van der Waals surface area (Å²) >= 11 is 0. The van der Waals surface area contributed by atoms with Crippen LogP contribution >= 0.6 is 0 Å². The number of hydrogen-bond acceptors (Lipinski definition) is 4. The van der Waals surface area contributed by atoms with Crippen LogP contribution in [0.2, 0.25) is 0 Å². The Kier molecular flexibility index (Phi) is 6.92. The number of nitrogens with zero attached hydrogens (tertiary/aromatic N) is 1. The summed E-state index contributed by atoms with van der Waals surface area (Å²) in [6.45, 7) is 4.88. The summed E-state index contributed by atoms with van der Waals surface area (Å²) in [5.74, 6) is 0.196. The number of carbonyl (C=O) groups excluding carboxylic acids is 1. The summed E-state index contributed by atoms with van der Waals surface area (Å²) in [6.07, 6.45) is 3.80. The summed E-state index contributed by atoms with van der Waals surface area (Å²) < 4.78 is 33.3. The molecule has 1 saturated heterocycles. The standard InChI is InChI=1S/C22H28N2O4S/c1-17(2)28-21-13-6-5-12-20(21)23-22(25)18-10-9-11-19(16-18)29(26,27)24-14-7-3-4-8-15-24/h5-6,9-13,16-17H,3-4,7-8,14-15H2,1-2H3,(H,23,25). The number of nitrogens with one attached hydrogen (secondary N) is 1. The Hall–Kier alpha value is -2.38. The number of para-hydroxylation sites is 2. The molecule has 1 aliphatic heterocycles. The van der Waals surface area contributed by atoms with Gasteiger partial charge < -0.3 is 10.1 Å². The smallest absolute Gasteiger partial charge is 0.255 e. The first-order chi connectivity index (χ1) is 13.9. The first-order valence-corrected chi connectivity index (χ1v) is 11.5. The fraction of sp³-hybridized carbons (Fsp3) is 0.409. The largest absolute Gasteiger partial charge is 0.489 e. The van der Waals surface area contributed by atoms with Crippen LogP contribution in [0.15, 0.2) is 53.4 Å². The van der Waals surface area contributed by atoms with Gasteiger partial charge in [0.25, 0.3) is 5.91 Å². The summed E-state index contributed by atoms with van der Waals surface area (Å²) in [4.78, 5) is 12.9. The second kappa shape index (κ2) is 9.41. The van der Waals surface area contributed by atoms with Gasteiger partial charge in [-0.2, -0.15) is 4.31 Å². The number of ether oxygens (including phenoxy) is 1. The van der Waals surface area contributed by atoms with Crippen LogP contribution in [0.3, 0.4) is 0 Å². The number of sulfonamides is 1. The summed E-state index contributed by atoms with van der Waals surface area (Å²) in [6, 6.07) is 13.4. The lowest BCUT2D eigenvalue weighted by molar-refractivity contribution is 0.102. The Morgan fingerprint density at radius 3 is 2.38 bits per heavy atom. The molecule has 0 atom stereocenters. The highest BCUT2D eigenvalue weighted by Gasteiger charge is 2.26. The van der Waals surface area contributed by atoms with Crippen LogP contribution < -0.4 is 10.1 Å². The first-order valence-electron chi connectivity index (χ1n) is 10.0. The molecule has 1 aliphatic rings. The van der Waals surface area contributed by atoms with E-state index in [2.05, 4.69) is 5.32 Å². The maximum absolute atomic E-state index is 13.0. The quantitative estimate of drug-likeness (QED) is 0.762. The molecule has 29 heavy (non-hydrogen) atoms. The van der Waals surface area contributed by atoms with Crippen molar-refractivity contribution in [3.63, 3.8) is 0 Å². The van der Waals surface area contributed by atoms with Gasteiger partial charge in [0, 0.05) is 18.7 Å². The fourth-order valence-electron chi connectivity index (χ4n) is 3.35. The van der Waals surface area contributed by atoms with Crippen LogP contribution in [-0.2, 0) is 10.0 Å². The number of anilines is 1. The summed E-state index contributed by atoms with van der Waals surface area (Å²) in [5.41, 5.74) is 0.840. The van der Waals surface area contributed by atoms with Crippen molar-refractivity contribution in [3.05, 3.63) is 54.1 Å². The van der Waals surface area contributed by atoms with Gasteiger partial charge in [0.15, 0.2) is 0 Å². The minimum absolute atomic E-state index is 0.0323. The highest BCUT2D eigenvalue weighted by Crippen LogP contribution is 2.26. The topological polar surface area (TPSA) is 75.7 Å². The van der Waals surface area contributed by atoms with E-state index >= 15 is 0 Å². The molecule has 2 aromatic rings. The highest BCUT2D eigenvalue weighted by atomic mass is 32.2. The van der Waals surface area contributed by atoms with Crippen molar-refractivity contribution in [2.45, 2.75) is 50.5 Å². The molecule has 0 aromatic heterocycles. The number of rotatable bonds is 6. The Balaban J connectivity index is 1.81. The predicted molar refractivity (Wildman–Crippen MR) is 114 cm³/mol. The minimum atomic E-state index is -3.61. The number of carbonyl (C=O) groups is 1. The van der Waals surface area contributed by atoms with Gasteiger partial charge in [-0.1, -0.05) is 31.0 Å². The Bertz CT molecular complexity index is 949. The minimum Gasteiger partial charge on any atom is -0.489 e. The van der Waals surface area contributed by atoms with Crippen LogP contribution in [0.4, 0.5) is 5.69 Å². The van der Waals surface area contributed by atoms with E-state index in [4.69, 9.17) is 4.74 Å². The Morgan fingerprint density at radius 2 is 1.69 bits per heavy atom. The molecule has 1 heterocycles. The lowest BCUT2D eigenvalue weighted by Crippen LogP contribution is -2.32. The third-order valence-electron chi connectivity index (χ3n) is 4.80. The van der Waals surface area contributed by atoms with E-state index in [1.165, 1.54) is 10.4 Å². The molecule has 3 rings (SSSR count). The van der Waals surface area contributed by atoms with E-state index in [1.807, 2.05) is 26.0 Å². The van der Waals surface area contributed by atoms with E-state index in [0.717, 1.165) is 25.7 Å². The van der Waals surface area contributed by atoms with E-state index in [-0.39, 0.29) is 16.9 Å². The average molecular weight is 417 g/mol. The van der Waals surface area contributed by atoms with E-state index in [9.17, 15) is 13.2 Å². The molecular formula is C22H28N2O4S. The van der Waals surface area contributed by atoms with Crippen molar-refractivity contribution in [1.29, 1.82) is 0 Å². The molecule has 7 heteroatoms. The molecule has 0 aliphatic carbocycles. The van der Waals surface area contributed by atoms with Gasteiger partial charge in [0.1, 0.15) is 5.75 Å². The second-order valence-electron chi connectivity index (χ2n) is 7.46.